The Balaban J connectivity index is 1.66. The highest BCUT2D eigenvalue weighted by Gasteiger charge is 2.65. The molecule has 0 aliphatic heterocycles. The monoisotopic (exact) mass is 665 g/mol. The Hall–Kier alpha value is -4.32. The molecular weight excluding hydrogens is 665 g/mol. The van der Waals surface area contributed by atoms with Gasteiger partial charge in [0.25, 0.3) is 0 Å². The van der Waals surface area contributed by atoms with Crippen molar-refractivity contribution in [1.29, 1.82) is 0 Å². The zero-order valence-electron chi connectivity index (χ0n) is 20.4. The molecule has 0 spiro atoms. The van der Waals surface area contributed by atoms with Gasteiger partial charge in [-0.25, -0.2) is 79.0 Å². The molecule has 2 aromatic rings. The van der Waals surface area contributed by atoms with Crippen molar-refractivity contribution in [1.82, 2.24) is 0 Å². The number of alkyl halides is 2. The first-order valence-corrected chi connectivity index (χ1v) is 11.5. The average molecular weight is 665 g/mol. The molecular formula is C26BF18. The molecule has 2 atom stereocenters. The standard InChI is InChI=1S/C26BF18/c28-9-5-1(11(30)17(36)19(38)15(5)34)3-7(9)25(44,23(42)21(40)13(3)32)27-26(45)8-4(14(33)22(41)24(26)43)2-6(10(8)29)16(35)20(39)18(37)12(2)31. The summed E-state index contributed by atoms with van der Waals surface area (Å²) in [7, 11) is -1.45. The average Bonchev–Trinajstić information content (AvgIpc) is 3.49. The Kier molecular flexibility index (Phi) is 6.22. The van der Waals surface area contributed by atoms with Gasteiger partial charge in [-0.05, 0) is 0 Å². The maximum Gasteiger partial charge on any atom is 0.243 e. The van der Waals surface area contributed by atoms with Crippen molar-refractivity contribution in [3.05, 3.63) is 115 Å². The summed E-state index contributed by atoms with van der Waals surface area (Å²) in [6, 6.07) is 0. The summed E-state index contributed by atoms with van der Waals surface area (Å²) in [4.78, 5) is 0. The number of hydrogen-bond acceptors (Lipinski definition) is 0. The third kappa shape index (κ3) is 3.35. The summed E-state index contributed by atoms with van der Waals surface area (Å²) in [5, 5.41) is 0. The van der Waals surface area contributed by atoms with Gasteiger partial charge in [0.1, 0.15) is 11.7 Å². The fourth-order valence-electron chi connectivity index (χ4n) is 5.48. The highest BCUT2D eigenvalue weighted by Crippen LogP contribution is 2.63. The number of halogens is 18. The molecule has 6 rings (SSSR count). The quantitative estimate of drug-likeness (QED) is 0.130. The van der Waals surface area contributed by atoms with Gasteiger partial charge in [0.15, 0.2) is 92.6 Å². The first-order chi connectivity index (χ1) is 20.8. The highest BCUT2D eigenvalue weighted by molar-refractivity contribution is 6.51. The van der Waals surface area contributed by atoms with Crippen LogP contribution in [0.25, 0.3) is 22.8 Å². The molecule has 0 saturated carbocycles. The Morgan fingerprint density at radius 2 is 0.578 bits per heavy atom. The van der Waals surface area contributed by atoms with Crippen molar-refractivity contribution < 1.29 is 79.0 Å². The molecule has 2 unspecified atom stereocenters. The number of hydrogen-bond donors (Lipinski definition) is 0. The van der Waals surface area contributed by atoms with Crippen molar-refractivity contribution in [2.24, 2.45) is 0 Å². The largest absolute Gasteiger partial charge is 0.243 e. The van der Waals surface area contributed by atoms with E-state index in [9.17, 15) is 52.7 Å². The van der Waals surface area contributed by atoms with Crippen molar-refractivity contribution in [2.45, 2.75) is 11.1 Å². The summed E-state index contributed by atoms with van der Waals surface area (Å²) in [6.45, 7) is 0. The summed E-state index contributed by atoms with van der Waals surface area (Å²) >= 11 is 0. The molecule has 45 heavy (non-hydrogen) atoms. The van der Waals surface area contributed by atoms with E-state index in [1.165, 1.54) is 0 Å². The van der Waals surface area contributed by atoms with Gasteiger partial charge in [0.2, 0.25) is 7.28 Å². The predicted molar refractivity (Wildman–Crippen MR) is 117 cm³/mol. The predicted octanol–water partition coefficient (Wildman–Crippen LogP) is 9.61. The Morgan fingerprint density at radius 3 is 0.867 bits per heavy atom. The number of allylic oxidation sites excluding steroid dienone is 10. The van der Waals surface area contributed by atoms with E-state index in [1.807, 2.05) is 0 Å². The van der Waals surface area contributed by atoms with Crippen molar-refractivity contribution >= 4 is 30.1 Å². The molecule has 0 saturated heterocycles. The van der Waals surface area contributed by atoms with Crippen LogP contribution in [0.5, 0.6) is 0 Å². The lowest BCUT2D eigenvalue weighted by molar-refractivity contribution is 0.255. The van der Waals surface area contributed by atoms with Gasteiger partial charge in [0, 0.05) is 33.4 Å². The van der Waals surface area contributed by atoms with E-state index < -0.39 is 156 Å². The van der Waals surface area contributed by atoms with E-state index in [0.29, 0.717) is 0 Å². The van der Waals surface area contributed by atoms with Crippen molar-refractivity contribution in [3.63, 3.8) is 0 Å². The molecule has 0 fully saturated rings. The molecule has 233 valence electrons. The minimum atomic E-state index is -5.37. The first-order valence-electron chi connectivity index (χ1n) is 11.5. The fraction of sp³-hybridized carbons (Fsp3) is 0.0769. The fourth-order valence-corrected chi connectivity index (χ4v) is 5.48. The van der Waals surface area contributed by atoms with Crippen LogP contribution >= 0.6 is 0 Å². The molecule has 4 aliphatic rings. The van der Waals surface area contributed by atoms with E-state index in [0.717, 1.165) is 0 Å². The van der Waals surface area contributed by atoms with Gasteiger partial charge in [-0.1, -0.05) is 0 Å². The van der Waals surface area contributed by atoms with Crippen LogP contribution in [-0.4, -0.2) is 18.4 Å². The summed E-state index contributed by atoms with van der Waals surface area (Å²) in [6.07, 6.45) is 0. The molecule has 0 bridgehead atoms. The van der Waals surface area contributed by atoms with Gasteiger partial charge in [-0.3, -0.25) is 0 Å². The van der Waals surface area contributed by atoms with Gasteiger partial charge in [-0.15, -0.1) is 0 Å². The second-order valence-electron chi connectivity index (χ2n) is 9.59. The Morgan fingerprint density at radius 1 is 0.311 bits per heavy atom. The number of benzene rings is 2. The molecule has 2 aromatic carbocycles. The zero-order valence-corrected chi connectivity index (χ0v) is 20.4. The summed E-state index contributed by atoms with van der Waals surface area (Å²) < 4.78 is 267. The van der Waals surface area contributed by atoms with Crippen LogP contribution in [0.1, 0.15) is 22.3 Å². The molecule has 19 heteroatoms. The second-order valence-corrected chi connectivity index (χ2v) is 9.59. The van der Waals surface area contributed by atoms with Gasteiger partial charge < -0.3 is 0 Å². The third-order valence-electron chi connectivity index (χ3n) is 7.39. The minimum absolute atomic E-state index is 1.45. The SMILES string of the molecule is FC1=C2C(=C(F)c3c(F)c(F)c(F)c(F)c32)C(F)([B]C2(F)C(F)=C(F)C(F)=C3C2=C(F)c2c(F)c(F)c(F)c(F)c23)C(F)=C1F. The molecule has 0 amide bonds. The van der Waals surface area contributed by atoms with E-state index in [-0.39, 0.29) is 0 Å². The summed E-state index contributed by atoms with van der Waals surface area (Å²) in [5.74, 6) is -47.1. The smallest absolute Gasteiger partial charge is 0.241 e. The topological polar surface area (TPSA) is 0 Å². The van der Waals surface area contributed by atoms with Crippen LogP contribution in [0.4, 0.5) is 79.0 Å². The van der Waals surface area contributed by atoms with Crippen LogP contribution in [0, 0.1) is 46.5 Å². The van der Waals surface area contributed by atoms with Gasteiger partial charge in [-0.2, -0.15) is 0 Å². The highest BCUT2D eigenvalue weighted by atomic mass is 19.2. The van der Waals surface area contributed by atoms with Gasteiger partial charge in [0.05, 0.1) is 11.1 Å². The molecule has 4 aliphatic carbocycles. The third-order valence-corrected chi connectivity index (χ3v) is 7.39. The van der Waals surface area contributed by atoms with Crippen LogP contribution in [0.15, 0.2) is 46.1 Å². The summed E-state index contributed by atoms with van der Waals surface area (Å²) in [5.41, 5.74) is -29.5. The van der Waals surface area contributed by atoms with E-state index in [1.54, 1.807) is 0 Å². The lowest BCUT2D eigenvalue weighted by Gasteiger charge is -2.37. The molecule has 0 heterocycles. The lowest BCUT2D eigenvalue weighted by Crippen LogP contribution is -2.51. The normalized spacial score (nSPS) is 24.3. The lowest BCUT2D eigenvalue weighted by atomic mass is 9.44. The zero-order chi connectivity index (χ0) is 33.6. The number of rotatable bonds is 2. The van der Waals surface area contributed by atoms with Gasteiger partial charge >= 0.3 is 0 Å². The van der Waals surface area contributed by atoms with Crippen LogP contribution in [0.3, 0.4) is 0 Å². The first kappa shape index (κ1) is 30.7. The molecule has 0 aromatic heterocycles. The number of fused-ring (bicyclic) bond motifs is 6. The van der Waals surface area contributed by atoms with E-state index >= 15 is 26.3 Å². The molecule has 0 N–H and O–H groups in total. The van der Waals surface area contributed by atoms with Crippen molar-refractivity contribution in [2.75, 3.05) is 0 Å². The maximum absolute atomic E-state index is 16.5. The van der Waals surface area contributed by atoms with Crippen LogP contribution in [0.2, 0.25) is 0 Å². The minimum Gasteiger partial charge on any atom is -0.241 e. The van der Waals surface area contributed by atoms with E-state index in [4.69, 9.17) is 0 Å². The van der Waals surface area contributed by atoms with Crippen LogP contribution in [-0.2, 0) is 0 Å². The molecule has 1 radical (unpaired) electrons. The Bertz CT molecular complexity index is 1920. The second kappa shape index (κ2) is 9.12. The van der Waals surface area contributed by atoms with Crippen LogP contribution < -0.4 is 0 Å². The molecule has 0 nitrogen and oxygen atoms in total. The Labute approximate surface area is 235 Å². The maximum atomic E-state index is 16.5. The van der Waals surface area contributed by atoms with E-state index in [2.05, 4.69) is 0 Å². The van der Waals surface area contributed by atoms with Crippen molar-refractivity contribution in [3.8, 4) is 0 Å².